The number of hydrogen-bond donors (Lipinski definition) is 2. The topological polar surface area (TPSA) is 229 Å². The van der Waals surface area contributed by atoms with E-state index in [-0.39, 0.29) is 30.6 Å². The molecule has 1 saturated heterocycles. The quantitative estimate of drug-likeness (QED) is 0.0292. The molecule has 2 bridgehead atoms. The standard InChI is InChI=1S/C62H74N2O15S2Si/c1-37-43(75-57(71)51(79-82(10,11)58(4,5)6)49(40-24-15-12-16-25-40)64-55(69)41-26-17-13-18-27-41)35-62(72)54(77-56(70)42-28-19-14-20-29-42)52-60(9,53(68)50(74-38(2)65)48(37)59(62,7)8)44(34-45-61(52,36-73-45)78-39(3)66)76-47(67)31-23-33-80-81-46-30-21-22-32-63-46/h12-22,24-30,32,37,43-45,49,51-52,54,72H,23,31,33-36H2,1-11H3,(H,64,69)/t37?,43-,44-,45+,49-,51+,52-,54-,60+,61-,62+/m0/s1. The van der Waals surface area contributed by atoms with Crippen molar-refractivity contribution in [1.82, 2.24) is 10.3 Å². The van der Waals surface area contributed by atoms with Gasteiger partial charge in [-0.05, 0) is 89.8 Å². The molecule has 20 heteroatoms. The molecule has 1 aromatic heterocycles. The molecule has 1 amide bonds. The number of ether oxygens (including phenoxy) is 6. The number of carbonyl (C=O) groups is 7. The van der Waals surface area contributed by atoms with E-state index in [0.29, 0.717) is 23.3 Å². The van der Waals surface area contributed by atoms with Crippen molar-refractivity contribution in [3.8, 4) is 0 Å². The van der Waals surface area contributed by atoms with Crippen LogP contribution >= 0.6 is 21.6 Å². The van der Waals surface area contributed by atoms with Crippen molar-refractivity contribution in [3.05, 3.63) is 143 Å². The highest BCUT2D eigenvalue weighted by molar-refractivity contribution is 8.76. The number of amides is 1. The number of fused-ring (bicyclic) bond motifs is 5. The fourth-order valence-corrected chi connectivity index (χ4v) is 15.1. The van der Waals surface area contributed by atoms with Crippen molar-refractivity contribution in [2.24, 2.45) is 22.7 Å². The minimum absolute atomic E-state index is 0.0274. The van der Waals surface area contributed by atoms with Gasteiger partial charge in [0, 0.05) is 62.0 Å². The van der Waals surface area contributed by atoms with Gasteiger partial charge in [0.05, 0.1) is 29.5 Å². The summed E-state index contributed by atoms with van der Waals surface area (Å²) in [4.78, 5) is 107. The fourth-order valence-electron chi connectivity index (χ4n) is 11.9. The average molecular weight is 1180 g/mol. The van der Waals surface area contributed by atoms with Gasteiger partial charge < -0.3 is 43.3 Å². The van der Waals surface area contributed by atoms with E-state index < -0.39 is 138 Å². The van der Waals surface area contributed by atoms with E-state index in [9.17, 15) is 29.1 Å². The van der Waals surface area contributed by atoms with Crippen LogP contribution in [0.25, 0.3) is 0 Å². The largest absolute Gasteiger partial charge is 0.461 e. The van der Waals surface area contributed by atoms with Crippen LogP contribution in [0.15, 0.2) is 132 Å². The maximum Gasteiger partial charge on any atom is 0.338 e. The minimum atomic E-state index is -2.98. The summed E-state index contributed by atoms with van der Waals surface area (Å²) in [6.45, 7) is 18.3. The maximum atomic E-state index is 16.5. The van der Waals surface area contributed by atoms with Gasteiger partial charge in [0.25, 0.3) is 5.91 Å². The molecule has 3 aromatic carbocycles. The number of carbonyl (C=O) groups excluding carboxylic acids is 7. The fraction of sp³-hybridized carbons (Fsp3) is 0.484. The van der Waals surface area contributed by atoms with Crippen molar-refractivity contribution >= 4 is 71.4 Å². The smallest absolute Gasteiger partial charge is 0.338 e. The Balaban J connectivity index is 1.29. The molecule has 3 fully saturated rings. The monoisotopic (exact) mass is 1180 g/mol. The summed E-state index contributed by atoms with van der Waals surface area (Å²) < 4.78 is 45.6. The predicted octanol–water partition coefficient (Wildman–Crippen LogP) is 10.1. The van der Waals surface area contributed by atoms with Crippen LogP contribution in [0.2, 0.25) is 18.1 Å². The predicted molar refractivity (Wildman–Crippen MR) is 309 cm³/mol. The second-order valence-electron chi connectivity index (χ2n) is 23.9. The maximum absolute atomic E-state index is 16.5. The summed E-state index contributed by atoms with van der Waals surface area (Å²) >= 11 is 0. The third-order valence-corrected chi connectivity index (χ3v) is 24.1. The van der Waals surface area contributed by atoms with Crippen LogP contribution in [0.4, 0.5) is 0 Å². The van der Waals surface area contributed by atoms with Crippen LogP contribution in [0, 0.1) is 22.7 Å². The first-order valence-corrected chi connectivity index (χ1v) is 32.9. The zero-order valence-electron chi connectivity index (χ0n) is 48.3. The zero-order chi connectivity index (χ0) is 59.6. The van der Waals surface area contributed by atoms with Gasteiger partial charge in [-0.15, -0.1) is 0 Å². The number of allylic oxidation sites excluding steroid dienone is 1. The van der Waals surface area contributed by atoms with Crippen LogP contribution < -0.4 is 5.32 Å². The summed E-state index contributed by atoms with van der Waals surface area (Å²) in [5.74, 6) is -8.29. The minimum Gasteiger partial charge on any atom is -0.461 e. The number of benzene rings is 3. The summed E-state index contributed by atoms with van der Waals surface area (Å²) in [7, 11) is -0.0237. The molecule has 2 heterocycles. The highest BCUT2D eigenvalue weighted by Crippen LogP contribution is 2.65. The number of nitrogens with zero attached hydrogens (tertiary/aromatic N) is 1. The Morgan fingerprint density at radius 2 is 1.46 bits per heavy atom. The van der Waals surface area contributed by atoms with Gasteiger partial charge in [0.1, 0.15) is 35.0 Å². The molecule has 2 N–H and O–H groups in total. The van der Waals surface area contributed by atoms with E-state index in [4.69, 9.17) is 32.8 Å². The van der Waals surface area contributed by atoms with Crippen molar-refractivity contribution in [2.75, 3.05) is 12.4 Å². The molecule has 0 radical (unpaired) electrons. The lowest BCUT2D eigenvalue weighted by Gasteiger charge is -2.67. The Morgan fingerprint density at radius 1 is 0.841 bits per heavy atom. The Kier molecular flexibility index (Phi) is 18.6. The Labute approximate surface area is 488 Å². The second-order valence-corrected chi connectivity index (χ2v) is 31.1. The van der Waals surface area contributed by atoms with Crippen LogP contribution in [-0.2, 0) is 56.8 Å². The van der Waals surface area contributed by atoms with Crippen LogP contribution in [0.3, 0.4) is 0 Å². The lowest BCUT2D eigenvalue weighted by molar-refractivity contribution is -0.346. The highest BCUT2D eigenvalue weighted by atomic mass is 33.1. The van der Waals surface area contributed by atoms with Crippen molar-refractivity contribution in [3.63, 3.8) is 0 Å². The third-order valence-electron chi connectivity index (χ3n) is 17.3. The zero-order valence-corrected chi connectivity index (χ0v) is 50.9. The lowest BCUT2D eigenvalue weighted by Crippen LogP contribution is -2.81. The SMILES string of the molecule is CC(=O)OC1=C2C(C)[C@@H](OC(=O)[C@H](O[Si](C)(C)C(C)(C)C)[C@@H](NC(=O)c3ccccc3)c3ccccc3)C[C@@](O)([C@@H](OC(=O)c3ccccc3)[C@@H]3[C@]4(OC(C)=O)CO[C@@H]4C[C@H](OC(=O)CCCSSc4ccccn4)[C@@]3(C)C1=O)C2(C)C. The van der Waals surface area contributed by atoms with Crippen molar-refractivity contribution < 1.29 is 71.5 Å². The number of aromatic nitrogens is 1. The van der Waals surface area contributed by atoms with Gasteiger partial charge in [0.2, 0.25) is 5.78 Å². The summed E-state index contributed by atoms with van der Waals surface area (Å²) in [5, 5.41) is 17.8. The van der Waals surface area contributed by atoms with Crippen LogP contribution in [0.1, 0.15) is 120 Å². The summed E-state index contributed by atoms with van der Waals surface area (Å²) in [5.41, 5.74) is -7.20. The first-order chi connectivity index (χ1) is 38.7. The van der Waals surface area contributed by atoms with Gasteiger partial charge in [0.15, 0.2) is 25.8 Å². The molecule has 438 valence electrons. The van der Waals surface area contributed by atoms with E-state index in [0.717, 1.165) is 11.9 Å². The molecular formula is C62H74N2O15S2Si. The van der Waals surface area contributed by atoms with E-state index >= 15 is 9.59 Å². The highest BCUT2D eigenvalue weighted by Gasteiger charge is 2.79. The first-order valence-electron chi connectivity index (χ1n) is 27.6. The Morgan fingerprint density at radius 3 is 2.04 bits per heavy atom. The molecule has 3 aliphatic carbocycles. The van der Waals surface area contributed by atoms with E-state index in [1.54, 1.807) is 106 Å². The van der Waals surface area contributed by atoms with Crippen molar-refractivity contribution in [2.45, 2.75) is 159 Å². The number of esters is 5. The molecule has 1 aliphatic heterocycles. The normalized spacial score (nSPS) is 27.3. The van der Waals surface area contributed by atoms with Crippen LogP contribution in [-0.4, -0.2) is 114 Å². The second kappa shape index (κ2) is 24.6. The molecule has 1 unspecified atom stereocenters. The summed E-state index contributed by atoms with van der Waals surface area (Å²) in [6, 6.07) is 29.8. The first kappa shape index (κ1) is 61.9. The number of nitrogens with one attached hydrogen (secondary N) is 1. The van der Waals surface area contributed by atoms with Crippen LogP contribution in [0.5, 0.6) is 0 Å². The van der Waals surface area contributed by atoms with Gasteiger partial charge in [-0.25, -0.2) is 14.6 Å². The number of rotatable bonds is 19. The van der Waals surface area contributed by atoms with E-state index in [1.807, 2.05) is 52.1 Å². The Bertz CT molecular complexity index is 3050. The molecule has 4 aliphatic rings. The average Bonchev–Trinajstić information content (AvgIpc) is 0.932. The molecule has 8 rings (SSSR count). The van der Waals surface area contributed by atoms with Crippen molar-refractivity contribution in [1.29, 1.82) is 0 Å². The van der Waals surface area contributed by atoms with Gasteiger partial charge >= 0.3 is 29.8 Å². The van der Waals surface area contributed by atoms with Gasteiger partial charge in [-0.3, -0.25) is 24.0 Å². The van der Waals surface area contributed by atoms with E-state index in [2.05, 4.69) is 10.3 Å². The third kappa shape index (κ3) is 12.2. The lowest BCUT2D eigenvalue weighted by atomic mass is 9.45. The van der Waals surface area contributed by atoms with Gasteiger partial charge in [-0.2, -0.15) is 0 Å². The molecule has 11 atom stereocenters. The molecule has 2 saturated carbocycles. The molecule has 0 spiro atoms. The number of hydrogen-bond acceptors (Lipinski definition) is 18. The Hall–Kier alpha value is -6.16. The van der Waals surface area contributed by atoms with Gasteiger partial charge in [-0.1, -0.05) is 125 Å². The molecule has 17 nitrogen and oxygen atoms in total. The molecular weight excluding hydrogens is 1100 g/mol. The number of pyridine rings is 1. The number of aliphatic hydroxyl groups is 1. The summed E-state index contributed by atoms with van der Waals surface area (Å²) in [6.07, 6.45) is -6.03. The number of Topliss-reactive ketones (excluding diaryl/α,β-unsaturated/α-hetero) is 1. The van der Waals surface area contributed by atoms with E-state index in [1.165, 1.54) is 47.6 Å². The molecule has 82 heavy (non-hydrogen) atoms. The molecule has 4 aromatic rings. The number of ketones is 1.